The van der Waals surface area contributed by atoms with Crippen LogP contribution < -0.4 is 0 Å². The summed E-state index contributed by atoms with van der Waals surface area (Å²) in [4.78, 5) is 10.7. The fourth-order valence-corrected chi connectivity index (χ4v) is 2.20. The highest BCUT2D eigenvalue weighted by Crippen LogP contribution is 2.24. The van der Waals surface area contributed by atoms with E-state index in [1.807, 2.05) is 13.8 Å². The van der Waals surface area contributed by atoms with Gasteiger partial charge >= 0.3 is 0 Å². The van der Waals surface area contributed by atoms with E-state index in [0.717, 1.165) is 11.8 Å². The van der Waals surface area contributed by atoms with Crippen LogP contribution in [0.3, 0.4) is 0 Å². The molecule has 1 nitrogen and oxygen atoms in total. The third-order valence-electron chi connectivity index (χ3n) is 0.591. The monoisotopic (exact) mass is 182 g/mol. The molecule has 0 aliphatic rings. The van der Waals surface area contributed by atoms with E-state index in [2.05, 4.69) is 0 Å². The second-order valence-corrected chi connectivity index (χ2v) is 5.14. The lowest BCUT2D eigenvalue weighted by atomic mass is 10.6. The van der Waals surface area contributed by atoms with Gasteiger partial charge < -0.3 is 0 Å². The summed E-state index contributed by atoms with van der Waals surface area (Å²) in [5.74, 6) is 0. The highest BCUT2D eigenvalue weighted by Gasteiger charge is 2.10. The van der Waals surface area contributed by atoms with E-state index in [0.29, 0.717) is 0 Å². The van der Waals surface area contributed by atoms with Gasteiger partial charge in [-0.2, -0.15) is 0 Å². The molecule has 0 rings (SSSR count). The zero-order chi connectivity index (χ0) is 8.15. The fraction of sp³-hybridized carbons (Fsp3) is 0.833. The first-order valence-electron chi connectivity index (χ1n) is 3.03. The number of hydrogen-bond acceptors (Lipinski definition) is 3. The summed E-state index contributed by atoms with van der Waals surface area (Å²) in [7, 11) is 0. The smallest absolute Gasteiger partial charge is 0.249 e. The summed E-state index contributed by atoms with van der Waals surface area (Å²) >= 11 is 1.91. The second-order valence-electron chi connectivity index (χ2n) is 2.08. The van der Waals surface area contributed by atoms with Gasteiger partial charge in [0.15, 0.2) is 5.50 Å². The fourth-order valence-electron chi connectivity index (χ4n) is 0.353. The van der Waals surface area contributed by atoms with E-state index in [1.165, 1.54) is 18.7 Å². The normalized spacial score (nSPS) is 13.7. The molecule has 0 aliphatic carbocycles. The van der Waals surface area contributed by atoms with Crippen molar-refractivity contribution in [3.05, 3.63) is 0 Å². The molecule has 0 aromatic heterocycles. The molecule has 0 bridgehead atoms. The van der Waals surface area contributed by atoms with Gasteiger partial charge in [0.2, 0.25) is 4.45 Å². The van der Waals surface area contributed by atoms with Crippen LogP contribution in [0, 0.1) is 0 Å². The average Bonchev–Trinajstić information content (AvgIpc) is 1.58. The Hall–Kier alpha value is 0.300. The van der Waals surface area contributed by atoms with Gasteiger partial charge in [0.25, 0.3) is 0 Å². The topological polar surface area (TPSA) is 17.1 Å². The Morgan fingerprint density at radius 2 is 1.80 bits per heavy atom. The Morgan fingerprint density at radius 1 is 1.30 bits per heavy atom. The minimum atomic E-state index is -1.08. The van der Waals surface area contributed by atoms with Crippen LogP contribution in [0.5, 0.6) is 0 Å². The van der Waals surface area contributed by atoms with Gasteiger partial charge in [-0.25, -0.2) is 4.39 Å². The molecular formula is C6H11FOS2. The van der Waals surface area contributed by atoms with Crippen molar-refractivity contribution in [2.45, 2.75) is 31.5 Å². The summed E-state index contributed by atoms with van der Waals surface area (Å²) in [5, 5.41) is 0.249. The minimum Gasteiger partial charge on any atom is -0.274 e. The largest absolute Gasteiger partial charge is 0.274 e. The molecule has 0 saturated carbocycles. The lowest BCUT2D eigenvalue weighted by Gasteiger charge is -2.02. The number of carbonyl (C=O) groups is 1. The number of rotatable bonds is 2. The van der Waals surface area contributed by atoms with E-state index in [-0.39, 0.29) is 9.70 Å². The van der Waals surface area contributed by atoms with Crippen LogP contribution in [-0.2, 0) is 0 Å². The molecule has 0 spiro atoms. The van der Waals surface area contributed by atoms with E-state index in [4.69, 9.17) is 0 Å². The van der Waals surface area contributed by atoms with Crippen LogP contribution >= 0.6 is 23.5 Å². The molecule has 4 heteroatoms. The molecule has 10 heavy (non-hydrogen) atoms. The van der Waals surface area contributed by atoms with Gasteiger partial charge in [-0.05, 0) is 18.7 Å². The molecule has 0 radical (unpaired) electrons. The van der Waals surface area contributed by atoms with Gasteiger partial charge in [0.05, 0.1) is 0 Å². The van der Waals surface area contributed by atoms with Gasteiger partial charge in [0, 0.05) is 5.25 Å². The molecule has 60 valence electrons. The summed E-state index contributed by atoms with van der Waals surface area (Å²) in [6, 6.07) is 0. The van der Waals surface area contributed by atoms with Crippen LogP contribution in [0.15, 0.2) is 0 Å². The van der Waals surface area contributed by atoms with Crippen molar-refractivity contribution >= 4 is 28.0 Å². The Kier molecular flexibility index (Phi) is 5.17. The van der Waals surface area contributed by atoms with Crippen molar-refractivity contribution in [3.63, 3.8) is 0 Å². The zero-order valence-corrected chi connectivity index (χ0v) is 7.89. The first kappa shape index (κ1) is 10.3. The second kappa shape index (κ2) is 5.02. The molecule has 0 heterocycles. The van der Waals surface area contributed by atoms with Gasteiger partial charge in [-0.3, -0.25) is 4.79 Å². The molecule has 0 fully saturated rings. The van der Waals surface area contributed by atoms with E-state index < -0.39 is 5.50 Å². The van der Waals surface area contributed by atoms with E-state index in [9.17, 15) is 9.18 Å². The Bertz CT molecular complexity index is 102. The van der Waals surface area contributed by atoms with E-state index >= 15 is 0 Å². The third-order valence-corrected chi connectivity index (χ3v) is 2.35. The Morgan fingerprint density at radius 3 is 2.10 bits per heavy atom. The predicted octanol–water partition coefficient (Wildman–Crippen LogP) is 3.30. The van der Waals surface area contributed by atoms with E-state index in [1.54, 1.807) is 0 Å². The maximum absolute atomic E-state index is 12.1. The summed E-state index contributed by atoms with van der Waals surface area (Å²) < 4.78 is 12.0. The first-order chi connectivity index (χ1) is 4.52. The van der Waals surface area contributed by atoms with Crippen LogP contribution in [0.25, 0.3) is 0 Å². The number of hydrogen-bond donors (Lipinski definition) is 0. The predicted molar refractivity (Wildman–Crippen MR) is 46.3 cm³/mol. The third kappa shape index (κ3) is 6.42. The Labute approximate surface area is 69.1 Å². The maximum atomic E-state index is 12.1. The number of alkyl halides is 1. The van der Waals surface area contributed by atoms with Gasteiger partial charge in [0.1, 0.15) is 0 Å². The molecular weight excluding hydrogens is 171 g/mol. The molecule has 0 aromatic rings. The summed E-state index contributed by atoms with van der Waals surface area (Å²) in [5.41, 5.74) is -1.08. The minimum absolute atomic E-state index is 0.134. The number of halogens is 1. The molecule has 0 aliphatic heterocycles. The van der Waals surface area contributed by atoms with Crippen molar-refractivity contribution in [1.82, 2.24) is 0 Å². The van der Waals surface area contributed by atoms with Gasteiger partial charge in [-0.15, -0.1) is 0 Å². The molecule has 0 aromatic carbocycles. The Balaban J connectivity index is 3.44. The quantitative estimate of drug-likeness (QED) is 0.652. The molecule has 0 saturated heterocycles. The van der Waals surface area contributed by atoms with Crippen LogP contribution in [0.4, 0.5) is 9.18 Å². The number of thioether (sulfide) groups is 2. The molecule has 0 amide bonds. The lowest BCUT2D eigenvalue weighted by Crippen LogP contribution is -1.95. The number of carbonyl (C=O) groups excluding carboxylic acids is 1. The lowest BCUT2D eigenvalue weighted by molar-refractivity contribution is 0.276. The highest BCUT2D eigenvalue weighted by molar-refractivity contribution is 8.38. The molecule has 1 unspecified atom stereocenters. The standard InChI is InChI=1S/C6H11FOS2/c1-4(2)9-6(8)10-5(3)7/h4-5H,1-3H3. The van der Waals surface area contributed by atoms with Crippen molar-refractivity contribution in [1.29, 1.82) is 0 Å². The SMILES string of the molecule is CC(C)SC(=O)SC(C)F. The van der Waals surface area contributed by atoms with Gasteiger partial charge in [-0.1, -0.05) is 25.6 Å². The highest BCUT2D eigenvalue weighted by atomic mass is 32.2. The summed E-state index contributed by atoms with van der Waals surface area (Å²) in [6.07, 6.45) is 0. The van der Waals surface area contributed by atoms with Crippen LogP contribution in [0.1, 0.15) is 20.8 Å². The van der Waals surface area contributed by atoms with Crippen molar-refractivity contribution in [2.24, 2.45) is 0 Å². The average molecular weight is 182 g/mol. The first-order valence-corrected chi connectivity index (χ1v) is 4.79. The van der Waals surface area contributed by atoms with Crippen molar-refractivity contribution in [2.75, 3.05) is 0 Å². The zero-order valence-electron chi connectivity index (χ0n) is 6.26. The van der Waals surface area contributed by atoms with Crippen molar-refractivity contribution < 1.29 is 9.18 Å². The van der Waals surface area contributed by atoms with Crippen LogP contribution in [-0.4, -0.2) is 15.2 Å². The maximum Gasteiger partial charge on any atom is 0.249 e. The summed E-state index contributed by atoms with van der Waals surface area (Å²) in [6.45, 7) is 5.18. The molecule has 1 atom stereocenters. The van der Waals surface area contributed by atoms with Crippen molar-refractivity contribution in [3.8, 4) is 0 Å². The molecule has 0 N–H and O–H groups in total. The van der Waals surface area contributed by atoms with Crippen LogP contribution in [0.2, 0.25) is 0 Å².